The van der Waals surface area contributed by atoms with Crippen molar-refractivity contribution in [3.05, 3.63) is 0 Å². The van der Waals surface area contributed by atoms with E-state index in [-0.39, 0.29) is 5.25 Å². The lowest BCUT2D eigenvalue weighted by Crippen LogP contribution is -2.37. The molecule has 2 rings (SSSR count). The Labute approximate surface area is 105 Å². The number of sulfone groups is 1. The van der Waals surface area contributed by atoms with Crippen LogP contribution in [-0.4, -0.2) is 32.5 Å². The zero-order chi connectivity index (χ0) is 12.3. The smallest absolute Gasteiger partial charge is 0.150 e. The SMILES string of the molecule is CS(=O)(=O)C1CCCC(CC2CCCCN2)C1. The molecule has 0 aromatic rings. The van der Waals surface area contributed by atoms with Crippen LogP contribution in [0.3, 0.4) is 0 Å². The summed E-state index contributed by atoms with van der Waals surface area (Å²) in [6.45, 7) is 1.15. The molecule has 0 radical (unpaired) electrons. The molecule has 1 saturated carbocycles. The first-order valence-corrected chi connectivity index (χ1v) is 8.93. The molecular weight excluding hydrogens is 234 g/mol. The third-order valence-corrected chi connectivity index (χ3v) is 6.01. The van der Waals surface area contributed by atoms with Gasteiger partial charge in [-0.3, -0.25) is 0 Å². The van der Waals surface area contributed by atoms with Crippen molar-refractivity contribution >= 4 is 9.84 Å². The zero-order valence-electron chi connectivity index (χ0n) is 10.8. The molecule has 1 heterocycles. The highest BCUT2D eigenvalue weighted by atomic mass is 32.2. The van der Waals surface area contributed by atoms with Gasteiger partial charge < -0.3 is 5.32 Å². The van der Waals surface area contributed by atoms with E-state index in [4.69, 9.17) is 0 Å². The molecule has 3 nitrogen and oxygen atoms in total. The van der Waals surface area contributed by atoms with Gasteiger partial charge in [0.25, 0.3) is 0 Å². The largest absolute Gasteiger partial charge is 0.314 e. The Morgan fingerprint density at radius 3 is 2.59 bits per heavy atom. The average molecular weight is 259 g/mol. The highest BCUT2D eigenvalue weighted by Crippen LogP contribution is 2.32. The molecule has 2 aliphatic rings. The Morgan fingerprint density at radius 1 is 1.12 bits per heavy atom. The zero-order valence-corrected chi connectivity index (χ0v) is 11.6. The molecule has 1 saturated heterocycles. The topological polar surface area (TPSA) is 46.2 Å². The van der Waals surface area contributed by atoms with E-state index in [1.165, 1.54) is 38.4 Å². The fourth-order valence-corrected chi connectivity index (χ4v) is 4.59. The van der Waals surface area contributed by atoms with Gasteiger partial charge in [-0.2, -0.15) is 0 Å². The third-order valence-electron chi connectivity index (χ3n) is 4.37. The van der Waals surface area contributed by atoms with E-state index in [0.29, 0.717) is 12.0 Å². The number of rotatable bonds is 3. The molecule has 3 unspecified atom stereocenters. The van der Waals surface area contributed by atoms with Gasteiger partial charge in [-0.25, -0.2) is 8.42 Å². The minimum Gasteiger partial charge on any atom is -0.314 e. The summed E-state index contributed by atoms with van der Waals surface area (Å²) in [5.74, 6) is 0.624. The van der Waals surface area contributed by atoms with Crippen molar-refractivity contribution in [2.24, 2.45) is 5.92 Å². The molecule has 0 spiro atoms. The Bertz CT molecular complexity index is 333. The van der Waals surface area contributed by atoms with Gasteiger partial charge in [-0.05, 0) is 44.6 Å². The summed E-state index contributed by atoms with van der Waals surface area (Å²) in [5.41, 5.74) is 0. The van der Waals surface area contributed by atoms with Crippen molar-refractivity contribution < 1.29 is 8.42 Å². The molecule has 0 bridgehead atoms. The molecule has 100 valence electrons. The number of nitrogens with one attached hydrogen (secondary N) is 1. The molecule has 17 heavy (non-hydrogen) atoms. The first-order chi connectivity index (χ1) is 8.05. The van der Waals surface area contributed by atoms with E-state index in [9.17, 15) is 8.42 Å². The molecule has 1 aliphatic heterocycles. The Morgan fingerprint density at radius 2 is 1.94 bits per heavy atom. The van der Waals surface area contributed by atoms with E-state index >= 15 is 0 Å². The Hall–Kier alpha value is -0.0900. The van der Waals surface area contributed by atoms with Crippen LogP contribution in [0.4, 0.5) is 0 Å². The van der Waals surface area contributed by atoms with Crippen molar-refractivity contribution in [3.8, 4) is 0 Å². The number of hydrogen-bond donors (Lipinski definition) is 1. The molecule has 4 heteroatoms. The standard InChI is InChI=1S/C13H25NO2S/c1-17(15,16)13-7-4-5-11(10-13)9-12-6-2-3-8-14-12/h11-14H,2-10H2,1H3. The first kappa shape index (κ1) is 13.3. The maximum absolute atomic E-state index is 11.6. The number of piperidine rings is 1. The van der Waals surface area contributed by atoms with Gasteiger partial charge in [0.15, 0.2) is 0 Å². The van der Waals surface area contributed by atoms with Crippen molar-refractivity contribution in [1.82, 2.24) is 5.32 Å². The molecule has 3 atom stereocenters. The van der Waals surface area contributed by atoms with E-state index in [1.807, 2.05) is 0 Å². The molecule has 1 aliphatic carbocycles. The fourth-order valence-electron chi connectivity index (χ4n) is 3.37. The molecule has 0 aromatic heterocycles. The molecule has 0 aromatic carbocycles. The van der Waals surface area contributed by atoms with E-state index in [1.54, 1.807) is 0 Å². The van der Waals surface area contributed by atoms with Gasteiger partial charge >= 0.3 is 0 Å². The van der Waals surface area contributed by atoms with Crippen molar-refractivity contribution in [2.45, 2.75) is 62.7 Å². The van der Waals surface area contributed by atoms with Crippen LogP contribution >= 0.6 is 0 Å². The van der Waals surface area contributed by atoms with Crippen LogP contribution < -0.4 is 5.32 Å². The second-order valence-corrected chi connectivity index (χ2v) is 8.19. The minimum atomic E-state index is -2.82. The van der Waals surface area contributed by atoms with E-state index < -0.39 is 9.84 Å². The summed E-state index contributed by atoms with van der Waals surface area (Å²) in [5, 5.41) is 3.51. The lowest BCUT2D eigenvalue weighted by Gasteiger charge is -2.32. The molecule has 1 N–H and O–H groups in total. The first-order valence-electron chi connectivity index (χ1n) is 6.98. The normalized spacial score (nSPS) is 35.7. The van der Waals surface area contributed by atoms with Gasteiger partial charge in [-0.15, -0.1) is 0 Å². The highest BCUT2D eigenvalue weighted by Gasteiger charge is 2.30. The molecular formula is C13H25NO2S. The van der Waals surface area contributed by atoms with Crippen LogP contribution in [0.5, 0.6) is 0 Å². The summed E-state index contributed by atoms with van der Waals surface area (Å²) in [7, 11) is -2.82. The highest BCUT2D eigenvalue weighted by molar-refractivity contribution is 7.91. The van der Waals surface area contributed by atoms with Crippen molar-refractivity contribution in [1.29, 1.82) is 0 Å². The quantitative estimate of drug-likeness (QED) is 0.844. The lowest BCUT2D eigenvalue weighted by molar-refractivity contribution is 0.273. The van der Waals surface area contributed by atoms with Gasteiger partial charge in [0.1, 0.15) is 9.84 Å². The average Bonchev–Trinajstić information content (AvgIpc) is 2.29. The number of hydrogen-bond acceptors (Lipinski definition) is 3. The van der Waals surface area contributed by atoms with Crippen LogP contribution in [-0.2, 0) is 9.84 Å². The maximum Gasteiger partial charge on any atom is 0.150 e. The van der Waals surface area contributed by atoms with Crippen LogP contribution in [0, 0.1) is 5.92 Å². The van der Waals surface area contributed by atoms with Crippen LogP contribution in [0.2, 0.25) is 0 Å². The third kappa shape index (κ3) is 3.95. The fraction of sp³-hybridized carbons (Fsp3) is 1.00. The Kier molecular flexibility index (Phi) is 4.47. The predicted molar refractivity (Wildman–Crippen MR) is 70.8 cm³/mol. The minimum absolute atomic E-state index is 0.0650. The Balaban J connectivity index is 1.84. The van der Waals surface area contributed by atoms with Crippen molar-refractivity contribution in [3.63, 3.8) is 0 Å². The van der Waals surface area contributed by atoms with E-state index in [2.05, 4.69) is 5.32 Å². The second-order valence-electron chi connectivity index (χ2n) is 5.87. The summed E-state index contributed by atoms with van der Waals surface area (Å²) in [4.78, 5) is 0. The maximum atomic E-state index is 11.6. The summed E-state index contributed by atoms with van der Waals surface area (Å²) in [6.07, 6.45) is 10.6. The molecule has 0 amide bonds. The predicted octanol–water partition coefficient (Wildman–Crippen LogP) is 2.12. The summed E-state index contributed by atoms with van der Waals surface area (Å²) in [6, 6.07) is 0.645. The van der Waals surface area contributed by atoms with Gasteiger partial charge in [-0.1, -0.05) is 19.3 Å². The summed E-state index contributed by atoms with van der Waals surface area (Å²) < 4.78 is 23.2. The second kappa shape index (κ2) is 5.70. The van der Waals surface area contributed by atoms with Crippen LogP contribution in [0.1, 0.15) is 51.4 Å². The van der Waals surface area contributed by atoms with Gasteiger partial charge in [0, 0.05) is 12.3 Å². The lowest BCUT2D eigenvalue weighted by atomic mass is 9.83. The van der Waals surface area contributed by atoms with Crippen LogP contribution in [0.25, 0.3) is 0 Å². The van der Waals surface area contributed by atoms with Crippen LogP contribution in [0.15, 0.2) is 0 Å². The van der Waals surface area contributed by atoms with E-state index in [0.717, 1.165) is 25.8 Å². The van der Waals surface area contributed by atoms with Gasteiger partial charge in [0.2, 0.25) is 0 Å². The van der Waals surface area contributed by atoms with Gasteiger partial charge in [0.05, 0.1) is 5.25 Å². The molecule has 2 fully saturated rings. The van der Waals surface area contributed by atoms with Crippen molar-refractivity contribution in [2.75, 3.05) is 12.8 Å². The summed E-state index contributed by atoms with van der Waals surface area (Å²) >= 11 is 0. The monoisotopic (exact) mass is 259 g/mol.